The van der Waals surface area contributed by atoms with Crippen molar-refractivity contribution in [2.45, 2.75) is 13.2 Å². The van der Waals surface area contributed by atoms with Gasteiger partial charge in [-0.2, -0.15) is 0 Å². The van der Waals surface area contributed by atoms with Crippen molar-refractivity contribution >= 4 is 5.97 Å². The molecule has 0 aromatic heterocycles. The molecule has 0 amide bonds. The van der Waals surface area contributed by atoms with Crippen LogP contribution in [0.1, 0.15) is 17.3 Å². The average Bonchev–Trinajstić information content (AvgIpc) is 2.60. The third-order valence-electron chi connectivity index (χ3n) is 3.07. The van der Waals surface area contributed by atoms with Gasteiger partial charge in [-0.3, -0.25) is 0 Å². The zero-order valence-corrected chi connectivity index (χ0v) is 13.2. The molecule has 0 bridgehead atoms. The Morgan fingerprint density at radius 3 is 2.26 bits per heavy atom. The van der Waals surface area contributed by atoms with Crippen LogP contribution in [0.2, 0.25) is 0 Å². The first-order valence-electron chi connectivity index (χ1n) is 7.33. The quantitative estimate of drug-likeness (QED) is 0.423. The molecule has 0 saturated carbocycles. The van der Waals surface area contributed by atoms with E-state index in [9.17, 15) is 4.79 Å². The Morgan fingerprint density at radius 1 is 0.957 bits per heavy atom. The topological polar surface area (TPSA) is 54.0 Å². The van der Waals surface area contributed by atoms with E-state index in [-0.39, 0.29) is 19.5 Å². The van der Waals surface area contributed by atoms with Gasteiger partial charge in [-0.25, -0.2) is 4.79 Å². The summed E-state index contributed by atoms with van der Waals surface area (Å²) in [6.45, 7) is 2.23. The number of rotatable bonds is 8. The number of carbonyl (C=O) groups is 1. The van der Waals surface area contributed by atoms with Crippen LogP contribution in [0.15, 0.2) is 54.6 Å². The molecule has 0 saturated heterocycles. The fourth-order valence-corrected chi connectivity index (χ4v) is 1.78. The van der Waals surface area contributed by atoms with Gasteiger partial charge in [0.15, 0.2) is 6.29 Å². The van der Waals surface area contributed by atoms with E-state index in [0.29, 0.717) is 11.3 Å². The van der Waals surface area contributed by atoms with E-state index in [1.165, 1.54) is 0 Å². The van der Waals surface area contributed by atoms with Crippen molar-refractivity contribution in [2.24, 2.45) is 0 Å². The molecular formula is C18H20O5. The smallest absolute Gasteiger partial charge is 0.338 e. The first kappa shape index (κ1) is 17.0. The average molecular weight is 316 g/mol. The minimum atomic E-state index is -0.398. The molecule has 0 aliphatic carbocycles. The molecule has 122 valence electrons. The zero-order chi connectivity index (χ0) is 16.5. The number of esters is 1. The van der Waals surface area contributed by atoms with Crippen LogP contribution in [0.25, 0.3) is 0 Å². The summed E-state index contributed by atoms with van der Waals surface area (Å²) in [5.74, 6) is 1.00. The van der Waals surface area contributed by atoms with Gasteiger partial charge < -0.3 is 18.9 Å². The Labute approximate surface area is 135 Å². The van der Waals surface area contributed by atoms with Crippen LogP contribution in [0.4, 0.5) is 0 Å². The van der Waals surface area contributed by atoms with E-state index in [0.717, 1.165) is 5.75 Å². The predicted octanol–water partition coefficient (Wildman–Crippen LogP) is 3.64. The Kier molecular flexibility index (Phi) is 6.59. The maximum absolute atomic E-state index is 11.9. The molecule has 2 aromatic rings. The van der Waals surface area contributed by atoms with Gasteiger partial charge >= 0.3 is 5.97 Å². The number of benzene rings is 2. The van der Waals surface area contributed by atoms with E-state index in [1.54, 1.807) is 38.3 Å². The zero-order valence-electron chi connectivity index (χ0n) is 13.2. The Balaban J connectivity index is 1.80. The van der Waals surface area contributed by atoms with Gasteiger partial charge in [-0.15, -0.1) is 0 Å². The highest BCUT2D eigenvalue weighted by Gasteiger charge is 2.08. The Hall–Kier alpha value is -2.37. The molecular weight excluding hydrogens is 296 g/mol. The van der Waals surface area contributed by atoms with Gasteiger partial charge in [0.25, 0.3) is 0 Å². The first-order valence-corrected chi connectivity index (χ1v) is 7.33. The van der Waals surface area contributed by atoms with E-state index in [1.807, 2.05) is 30.3 Å². The SMILES string of the molecule is COC(C)OCCOC(=O)c1ccc(Oc2ccccc2)cc1. The fraction of sp³-hybridized carbons (Fsp3) is 0.278. The lowest BCUT2D eigenvalue weighted by atomic mass is 10.2. The number of methoxy groups -OCH3 is 1. The van der Waals surface area contributed by atoms with E-state index < -0.39 is 5.97 Å². The van der Waals surface area contributed by atoms with Crippen molar-refractivity contribution in [1.29, 1.82) is 0 Å². The monoisotopic (exact) mass is 316 g/mol. The van der Waals surface area contributed by atoms with Crippen molar-refractivity contribution in [3.63, 3.8) is 0 Å². The van der Waals surface area contributed by atoms with Crippen molar-refractivity contribution in [3.8, 4) is 11.5 Å². The van der Waals surface area contributed by atoms with Gasteiger partial charge in [0.2, 0.25) is 0 Å². The van der Waals surface area contributed by atoms with Crippen molar-refractivity contribution < 1.29 is 23.7 Å². The van der Waals surface area contributed by atoms with Gasteiger partial charge in [0, 0.05) is 7.11 Å². The summed E-state index contributed by atoms with van der Waals surface area (Å²) in [6.07, 6.45) is -0.317. The number of para-hydroxylation sites is 1. The fourth-order valence-electron chi connectivity index (χ4n) is 1.78. The summed E-state index contributed by atoms with van der Waals surface area (Å²) >= 11 is 0. The van der Waals surface area contributed by atoms with Crippen LogP contribution in [0.5, 0.6) is 11.5 Å². The van der Waals surface area contributed by atoms with Crippen molar-refractivity contribution in [3.05, 3.63) is 60.2 Å². The van der Waals surface area contributed by atoms with Gasteiger partial charge in [0.05, 0.1) is 12.2 Å². The molecule has 0 heterocycles. The molecule has 5 nitrogen and oxygen atoms in total. The molecule has 0 fully saturated rings. The number of ether oxygens (including phenoxy) is 4. The van der Waals surface area contributed by atoms with Gasteiger partial charge in [-0.1, -0.05) is 18.2 Å². The van der Waals surface area contributed by atoms with Crippen molar-refractivity contribution in [1.82, 2.24) is 0 Å². The van der Waals surface area contributed by atoms with Crippen LogP contribution in [-0.2, 0) is 14.2 Å². The highest BCUT2D eigenvalue weighted by molar-refractivity contribution is 5.89. The standard InChI is InChI=1S/C18H20O5/c1-14(20-2)21-12-13-22-18(19)15-8-10-17(11-9-15)23-16-6-4-3-5-7-16/h3-11,14H,12-13H2,1-2H3. The lowest BCUT2D eigenvalue weighted by molar-refractivity contribution is -0.118. The molecule has 0 radical (unpaired) electrons. The summed E-state index contributed by atoms with van der Waals surface area (Å²) < 4.78 is 21.0. The Bertz CT molecular complexity index is 595. The van der Waals surface area contributed by atoms with E-state index >= 15 is 0 Å². The largest absolute Gasteiger partial charge is 0.460 e. The molecule has 0 N–H and O–H groups in total. The third kappa shape index (κ3) is 5.73. The van der Waals surface area contributed by atoms with Gasteiger partial charge in [-0.05, 0) is 43.3 Å². The maximum Gasteiger partial charge on any atom is 0.338 e. The molecule has 1 unspecified atom stereocenters. The van der Waals surface area contributed by atoms with Crippen LogP contribution < -0.4 is 4.74 Å². The normalized spacial score (nSPS) is 11.7. The van der Waals surface area contributed by atoms with E-state index in [4.69, 9.17) is 18.9 Å². The summed E-state index contributed by atoms with van der Waals surface area (Å²) in [7, 11) is 1.55. The minimum absolute atomic E-state index is 0.175. The summed E-state index contributed by atoms with van der Waals surface area (Å²) in [6, 6.07) is 16.2. The molecule has 1 atom stereocenters. The number of hydrogen-bond donors (Lipinski definition) is 0. The molecule has 0 aliphatic rings. The highest BCUT2D eigenvalue weighted by atomic mass is 16.7. The summed E-state index contributed by atoms with van der Waals surface area (Å²) in [5, 5.41) is 0. The third-order valence-corrected chi connectivity index (χ3v) is 3.07. The van der Waals surface area contributed by atoms with Crippen molar-refractivity contribution in [2.75, 3.05) is 20.3 Å². The summed E-state index contributed by atoms with van der Waals surface area (Å²) in [5.41, 5.74) is 0.463. The van der Waals surface area contributed by atoms with Gasteiger partial charge in [0.1, 0.15) is 18.1 Å². The van der Waals surface area contributed by atoms with Crippen LogP contribution in [0.3, 0.4) is 0 Å². The second-order valence-electron chi connectivity index (χ2n) is 4.75. The molecule has 0 spiro atoms. The van der Waals surface area contributed by atoms with Crippen LogP contribution in [-0.4, -0.2) is 32.6 Å². The summed E-state index contributed by atoms with van der Waals surface area (Å²) in [4.78, 5) is 11.9. The van der Waals surface area contributed by atoms with E-state index in [2.05, 4.69) is 0 Å². The van der Waals surface area contributed by atoms with Crippen LogP contribution in [0, 0.1) is 0 Å². The molecule has 0 aliphatic heterocycles. The molecule has 23 heavy (non-hydrogen) atoms. The maximum atomic E-state index is 11.9. The number of carbonyl (C=O) groups excluding carboxylic acids is 1. The number of hydrogen-bond acceptors (Lipinski definition) is 5. The second-order valence-corrected chi connectivity index (χ2v) is 4.75. The van der Waals surface area contributed by atoms with Crippen LogP contribution >= 0.6 is 0 Å². The highest BCUT2D eigenvalue weighted by Crippen LogP contribution is 2.21. The Morgan fingerprint density at radius 2 is 1.61 bits per heavy atom. The lowest BCUT2D eigenvalue weighted by Crippen LogP contribution is -2.16. The lowest BCUT2D eigenvalue weighted by Gasteiger charge is -2.11. The minimum Gasteiger partial charge on any atom is -0.460 e. The first-order chi connectivity index (χ1) is 11.2. The second kappa shape index (κ2) is 8.92. The predicted molar refractivity (Wildman–Crippen MR) is 85.7 cm³/mol. The molecule has 5 heteroatoms. The molecule has 2 aromatic carbocycles. The molecule has 2 rings (SSSR count).